The average Bonchev–Trinajstić information content (AvgIpc) is 3.17. The third kappa shape index (κ3) is 3.88. The van der Waals surface area contributed by atoms with Gasteiger partial charge >= 0.3 is 12.1 Å². The Bertz CT molecular complexity index is 496. The van der Waals surface area contributed by atoms with E-state index in [0.29, 0.717) is 12.2 Å². The summed E-state index contributed by atoms with van der Waals surface area (Å²) in [6.45, 7) is 0.597. The number of benzene rings is 1. The molecule has 3 nitrogen and oxygen atoms in total. The smallest absolute Gasteiger partial charge is 0.417 e. The normalized spacial score (nSPS) is 15.2. The van der Waals surface area contributed by atoms with Crippen LogP contribution in [0.5, 0.6) is 0 Å². The molecule has 20 heavy (non-hydrogen) atoms. The van der Waals surface area contributed by atoms with E-state index in [0.717, 1.165) is 30.9 Å². The molecule has 0 amide bonds. The SMILES string of the molecule is O=C(O)c1ccc(NCCCC2CC2)cc1C(F)(F)F. The van der Waals surface area contributed by atoms with E-state index < -0.39 is 23.3 Å². The highest BCUT2D eigenvalue weighted by molar-refractivity contribution is 5.90. The molecule has 1 fully saturated rings. The van der Waals surface area contributed by atoms with Crippen molar-refractivity contribution in [1.82, 2.24) is 0 Å². The van der Waals surface area contributed by atoms with Gasteiger partial charge in [0, 0.05) is 12.2 Å². The molecule has 1 aromatic rings. The van der Waals surface area contributed by atoms with Crippen LogP contribution < -0.4 is 5.32 Å². The lowest BCUT2D eigenvalue weighted by atomic mass is 10.1. The molecule has 0 heterocycles. The molecular weight excluding hydrogens is 271 g/mol. The van der Waals surface area contributed by atoms with E-state index in [4.69, 9.17) is 5.11 Å². The number of carboxylic acid groups (broad SMARTS) is 1. The highest BCUT2D eigenvalue weighted by atomic mass is 19.4. The Morgan fingerprint density at radius 1 is 1.35 bits per heavy atom. The van der Waals surface area contributed by atoms with Crippen molar-refractivity contribution < 1.29 is 23.1 Å². The predicted octanol–water partition coefficient (Wildman–Crippen LogP) is 4.01. The van der Waals surface area contributed by atoms with Gasteiger partial charge in [0.1, 0.15) is 0 Å². The molecule has 0 spiro atoms. The van der Waals surface area contributed by atoms with Crippen LogP contribution in [-0.2, 0) is 6.18 Å². The van der Waals surface area contributed by atoms with Crippen LogP contribution in [0.15, 0.2) is 18.2 Å². The first kappa shape index (κ1) is 14.7. The van der Waals surface area contributed by atoms with E-state index >= 15 is 0 Å². The number of aromatic carboxylic acids is 1. The summed E-state index contributed by atoms with van der Waals surface area (Å²) in [7, 11) is 0. The molecule has 110 valence electrons. The highest BCUT2D eigenvalue weighted by Gasteiger charge is 2.35. The number of hydrogen-bond acceptors (Lipinski definition) is 2. The lowest BCUT2D eigenvalue weighted by molar-refractivity contribution is -0.138. The minimum absolute atomic E-state index is 0.304. The summed E-state index contributed by atoms with van der Waals surface area (Å²) in [6.07, 6.45) is -0.157. The standard InChI is InChI=1S/C14H16F3NO2/c15-14(16,17)12-8-10(5-6-11(12)13(19)20)18-7-1-2-9-3-4-9/h5-6,8-9,18H,1-4,7H2,(H,19,20). The van der Waals surface area contributed by atoms with Crippen molar-refractivity contribution in [2.75, 3.05) is 11.9 Å². The number of rotatable bonds is 6. The lowest BCUT2D eigenvalue weighted by Gasteiger charge is -2.13. The summed E-state index contributed by atoms with van der Waals surface area (Å²) < 4.78 is 38.4. The number of hydrogen-bond donors (Lipinski definition) is 2. The quantitative estimate of drug-likeness (QED) is 0.777. The van der Waals surface area contributed by atoms with Gasteiger partial charge < -0.3 is 10.4 Å². The molecule has 1 aliphatic rings. The largest absolute Gasteiger partial charge is 0.478 e. The molecule has 0 radical (unpaired) electrons. The topological polar surface area (TPSA) is 49.3 Å². The monoisotopic (exact) mass is 287 g/mol. The van der Waals surface area contributed by atoms with Crippen LogP contribution in [0.1, 0.15) is 41.6 Å². The van der Waals surface area contributed by atoms with Crippen molar-refractivity contribution in [3.8, 4) is 0 Å². The van der Waals surface area contributed by atoms with E-state index in [1.807, 2.05) is 0 Å². The first-order chi connectivity index (χ1) is 9.38. The molecule has 1 saturated carbocycles. The summed E-state index contributed by atoms with van der Waals surface area (Å²) >= 11 is 0. The van der Waals surface area contributed by atoms with Gasteiger partial charge in [-0.3, -0.25) is 0 Å². The van der Waals surface area contributed by atoms with Gasteiger partial charge in [-0.2, -0.15) is 13.2 Å². The summed E-state index contributed by atoms with van der Waals surface area (Å²) in [5.74, 6) is -0.783. The number of carboxylic acids is 1. The summed E-state index contributed by atoms with van der Waals surface area (Å²) in [6, 6.07) is 3.23. The minimum Gasteiger partial charge on any atom is -0.478 e. The first-order valence-corrected chi connectivity index (χ1v) is 6.56. The van der Waals surface area contributed by atoms with Gasteiger partial charge in [-0.25, -0.2) is 4.79 Å². The molecule has 0 aliphatic heterocycles. The van der Waals surface area contributed by atoms with E-state index in [2.05, 4.69) is 5.32 Å². The molecule has 0 aromatic heterocycles. The lowest BCUT2D eigenvalue weighted by Crippen LogP contribution is -2.14. The molecule has 0 atom stereocenters. The van der Waals surface area contributed by atoms with Crippen molar-refractivity contribution in [3.63, 3.8) is 0 Å². The van der Waals surface area contributed by atoms with Crippen molar-refractivity contribution in [2.24, 2.45) is 5.92 Å². The summed E-state index contributed by atoms with van der Waals surface area (Å²) in [5.41, 5.74) is -1.53. The number of alkyl halides is 3. The zero-order chi connectivity index (χ0) is 14.8. The highest BCUT2D eigenvalue weighted by Crippen LogP contribution is 2.35. The molecular formula is C14H16F3NO2. The fourth-order valence-corrected chi connectivity index (χ4v) is 2.11. The molecule has 0 saturated heterocycles. The zero-order valence-corrected chi connectivity index (χ0v) is 10.8. The molecule has 0 unspecified atom stereocenters. The fourth-order valence-electron chi connectivity index (χ4n) is 2.11. The Labute approximate surface area is 114 Å². The van der Waals surface area contributed by atoms with Crippen LogP contribution in [0.3, 0.4) is 0 Å². The Hall–Kier alpha value is -1.72. The van der Waals surface area contributed by atoms with E-state index in [1.54, 1.807) is 0 Å². The van der Waals surface area contributed by atoms with Gasteiger partial charge in [0.2, 0.25) is 0 Å². The number of halogens is 3. The third-order valence-electron chi connectivity index (χ3n) is 3.37. The Balaban J connectivity index is 2.03. The van der Waals surface area contributed by atoms with Crippen LogP contribution in [0, 0.1) is 5.92 Å². The van der Waals surface area contributed by atoms with E-state index in [9.17, 15) is 18.0 Å². The summed E-state index contributed by atoms with van der Waals surface area (Å²) in [4.78, 5) is 10.8. The van der Waals surface area contributed by atoms with Crippen molar-refractivity contribution in [2.45, 2.75) is 31.9 Å². The van der Waals surface area contributed by atoms with Crippen LogP contribution in [0.25, 0.3) is 0 Å². The van der Waals surface area contributed by atoms with E-state index in [1.165, 1.54) is 18.9 Å². The number of carbonyl (C=O) groups is 1. The predicted molar refractivity (Wildman–Crippen MR) is 68.9 cm³/mol. The molecule has 6 heteroatoms. The second kappa shape index (κ2) is 5.73. The van der Waals surface area contributed by atoms with E-state index in [-0.39, 0.29) is 0 Å². The second-order valence-corrected chi connectivity index (χ2v) is 5.08. The van der Waals surface area contributed by atoms with Gasteiger partial charge in [0.25, 0.3) is 0 Å². The third-order valence-corrected chi connectivity index (χ3v) is 3.37. The fraction of sp³-hybridized carbons (Fsp3) is 0.500. The van der Waals surface area contributed by atoms with Crippen molar-refractivity contribution in [3.05, 3.63) is 29.3 Å². The van der Waals surface area contributed by atoms with Crippen LogP contribution in [-0.4, -0.2) is 17.6 Å². The molecule has 0 bridgehead atoms. The van der Waals surface area contributed by atoms with Crippen molar-refractivity contribution in [1.29, 1.82) is 0 Å². The molecule has 1 aromatic carbocycles. The van der Waals surface area contributed by atoms with Gasteiger partial charge in [-0.1, -0.05) is 12.8 Å². The summed E-state index contributed by atoms with van der Waals surface area (Å²) in [5, 5.41) is 11.7. The maximum absolute atomic E-state index is 12.8. The Kier molecular flexibility index (Phi) is 4.20. The zero-order valence-electron chi connectivity index (χ0n) is 10.8. The van der Waals surface area contributed by atoms with Crippen LogP contribution in [0.4, 0.5) is 18.9 Å². The van der Waals surface area contributed by atoms with Crippen LogP contribution in [0.2, 0.25) is 0 Å². The van der Waals surface area contributed by atoms with Gasteiger partial charge in [0.05, 0.1) is 11.1 Å². The average molecular weight is 287 g/mol. The first-order valence-electron chi connectivity index (χ1n) is 6.56. The molecule has 2 N–H and O–H groups in total. The maximum Gasteiger partial charge on any atom is 0.417 e. The Morgan fingerprint density at radius 2 is 2.05 bits per heavy atom. The molecule has 1 aliphatic carbocycles. The van der Waals surface area contributed by atoms with Gasteiger partial charge in [-0.05, 0) is 37.0 Å². The van der Waals surface area contributed by atoms with Gasteiger partial charge in [-0.15, -0.1) is 0 Å². The second-order valence-electron chi connectivity index (χ2n) is 5.08. The van der Waals surface area contributed by atoms with Gasteiger partial charge in [0.15, 0.2) is 0 Å². The number of anilines is 1. The van der Waals surface area contributed by atoms with Crippen molar-refractivity contribution >= 4 is 11.7 Å². The maximum atomic E-state index is 12.8. The number of nitrogens with one attached hydrogen (secondary N) is 1. The Morgan fingerprint density at radius 3 is 2.60 bits per heavy atom. The minimum atomic E-state index is -4.67. The van der Waals surface area contributed by atoms with Crippen LogP contribution >= 0.6 is 0 Å². The molecule has 2 rings (SSSR count).